The predicted molar refractivity (Wildman–Crippen MR) is 92.7 cm³/mol. The van der Waals surface area contributed by atoms with Crippen molar-refractivity contribution in [3.63, 3.8) is 0 Å². The van der Waals surface area contributed by atoms with Crippen LogP contribution in [-0.2, 0) is 6.54 Å². The van der Waals surface area contributed by atoms with Crippen LogP contribution in [0.5, 0.6) is 0 Å². The molecule has 0 saturated carbocycles. The minimum Gasteiger partial charge on any atom is -0.338 e. The van der Waals surface area contributed by atoms with Crippen LogP contribution >= 0.6 is 0 Å². The number of hydrogen-bond donors (Lipinski definition) is 0. The monoisotopic (exact) mass is 315 g/mol. The molecule has 0 spiro atoms. The molecule has 1 aromatic carbocycles. The molecule has 0 saturated heterocycles. The minimum absolute atomic E-state index is 0.196. The molecule has 118 valence electrons. The van der Waals surface area contributed by atoms with Gasteiger partial charge in [-0.05, 0) is 37.1 Å². The molecule has 0 bridgehead atoms. The van der Waals surface area contributed by atoms with Gasteiger partial charge in [-0.1, -0.05) is 12.5 Å². The third-order valence-corrected chi connectivity index (χ3v) is 4.67. The largest absolute Gasteiger partial charge is 0.338 e. The molecule has 0 atom stereocenters. The summed E-state index contributed by atoms with van der Waals surface area (Å²) in [5.41, 5.74) is 4.34. The van der Waals surface area contributed by atoms with E-state index in [4.69, 9.17) is 0 Å². The van der Waals surface area contributed by atoms with E-state index >= 15 is 0 Å². The van der Waals surface area contributed by atoms with Crippen LogP contribution in [0.1, 0.15) is 41.7 Å². The van der Waals surface area contributed by atoms with Gasteiger partial charge in [0.25, 0.3) is 0 Å². The van der Waals surface area contributed by atoms with Gasteiger partial charge in [0.15, 0.2) is 5.78 Å². The Hall–Kier alpha value is -2.93. The number of pyridine rings is 1. The number of carbonyl (C=O) groups is 1. The lowest BCUT2D eigenvalue weighted by molar-refractivity contribution is 0.0966. The van der Waals surface area contributed by atoms with Gasteiger partial charge in [0.05, 0.1) is 22.8 Å². The fourth-order valence-electron chi connectivity index (χ4n) is 3.54. The first-order chi connectivity index (χ1) is 11.8. The molecule has 0 N–H and O–H groups in total. The van der Waals surface area contributed by atoms with Crippen LogP contribution in [0.25, 0.3) is 22.0 Å². The van der Waals surface area contributed by atoms with Crippen LogP contribution in [0.4, 0.5) is 0 Å². The van der Waals surface area contributed by atoms with Gasteiger partial charge in [0, 0.05) is 41.9 Å². The highest BCUT2D eigenvalue weighted by atomic mass is 16.1. The Morgan fingerprint density at radius 3 is 2.88 bits per heavy atom. The van der Waals surface area contributed by atoms with Gasteiger partial charge in [-0.15, -0.1) is 0 Å². The van der Waals surface area contributed by atoms with E-state index < -0.39 is 0 Å². The zero-order chi connectivity index (χ0) is 16.5. The number of Topliss-reactive ketones (excluding diaryl/α,β-unsaturated/α-hetero) is 1. The van der Waals surface area contributed by atoms with Crippen molar-refractivity contribution >= 4 is 16.7 Å². The van der Waals surface area contributed by atoms with E-state index in [9.17, 15) is 10.1 Å². The van der Waals surface area contributed by atoms with Crippen LogP contribution in [0.15, 0.2) is 42.7 Å². The summed E-state index contributed by atoms with van der Waals surface area (Å²) in [7, 11) is 0. The molecule has 4 rings (SSSR count). The highest BCUT2D eigenvalue weighted by Gasteiger charge is 2.20. The molecule has 4 heteroatoms. The molecule has 3 aromatic rings. The second-order valence-corrected chi connectivity index (χ2v) is 6.23. The number of carbonyl (C=O) groups excluding carboxylic acids is 1. The molecule has 2 aromatic heterocycles. The minimum atomic E-state index is 0.196. The second kappa shape index (κ2) is 5.93. The van der Waals surface area contributed by atoms with Crippen molar-refractivity contribution in [3.8, 4) is 17.2 Å². The Bertz CT molecular complexity index is 964. The van der Waals surface area contributed by atoms with E-state index in [1.807, 2.05) is 30.3 Å². The first kappa shape index (κ1) is 14.6. The maximum Gasteiger partial charge on any atom is 0.179 e. The summed E-state index contributed by atoms with van der Waals surface area (Å²) in [5, 5.41) is 10.3. The molecular formula is C20H17N3O. The Kier molecular flexibility index (Phi) is 3.62. The lowest BCUT2D eigenvalue weighted by Crippen LogP contribution is -2.12. The summed E-state index contributed by atoms with van der Waals surface area (Å²) in [6.07, 6.45) is 7.24. The fraction of sp³-hybridized carbons (Fsp3) is 0.250. The summed E-state index contributed by atoms with van der Waals surface area (Å²) < 4.78 is 2.14. The highest BCUT2D eigenvalue weighted by molar-refractivity contribution is 6.04. The second-order valence-electron chi connectivity index (χ2n) is 6.23. The van der Waals surface area contributed by atoms with Crippen LogP contribution < -0.4 is 0 Å². The molecule has 3 heterocycles. The van der Waals surface area contributed by atoms with Crippen molar-refractivity contribution in [3.05, 3.63) is 54.0 Å². The van der Waals surface area contributed by atoms with Crippen molar-refractivity contribution in [2.75, 3.05) is 0 Å². The highest BCUT2D eigenvalue weighted by Crippen LogP contribution is 2.34. The third-order valence-electron chi connectivity index (χ3n) is 4.67. The third kappa shape index (κ3) is 2.39. The maximum atomic E-state index is 12.5. The van der Waals surface area contributed by atoms with Gasteiger partial charge < -0.3 is 4.57 Å². The zero-order valence-electron chi connectivity index (χ0n) is 13.3. The number of benzene rings is 1. The van der Waals surface area contributed by atoms with E-state index in [2.05, 4.69) is 15.6 Å². The van der Waals surface area contributed by atoms with Crippen molar-refractivity contribution in [2.45, 2.75) is 32.2 Å². The molecule has 0 fully saturated rings. The van der Waals surface area contributed by atoms with Crippen LogP contribution in [0.3, 0.4) is 0 Å². The van der Waals surface area contributed by atoms with E-state index in [-0.39, 0.29) is 5.78 Å². The SMILES string of the molecule is N#Cc1cc(-c2cccnc2)c2c(c1)cc1n2CCCCCC1=O. The number of nitrogens with zero attached hydrogens (tertiary/aromatic N) is 3. The number of aromatic nitrogens is 2. The lowest BCUT2D eigenvalue weighted by atomic mass is 10.0. The Morgan fingerprint density at radius 2 is 2.08 bits per heavy atom. The summed E-state index contributed by atoms with van der Waals surface area (Å²) in [4.78, 5) is 16.7. The van der Waals surface area contributed by atoms with Crippen molar-refractivity contribution < 1.29 is 4.79 Å². The van der Waals surface area contributed by atoms with Gasteiger partial charge >= 0.3 is 0 Å². The average Bonchev–Trinajstić information content (AvgIpc) is 2.97. The number of rotatable bonds is 1. The predicted octanol–water partition coefficient (Wildman–Crippen LogP) is 4.33. The fourth-order valence-corrected chi connectivity index (χ4v) is 3.54. The lowest BCUT2D eigenvalue weighted by Gasteiger charge is -2.15. The van der Waals surface area contributed by atoms with Gasteiger partial charge in [-0.3, -0.25) is 9.78 Å². The molecule has 0 radical (unpaired) electrons. The molecule has 24 heavy (non-hydrogen) atoms. The summed E-state index contributed by atoms with van der Waals surface area (Å²) >= 11 is 0. The quantitative estimate of drug-likeness (QED) is 0.671. The summed E-state index contributed by atoms with van der Waals surface area (Å²) in [6, 6.07) is 11.8. The van der Waals surface area contributed by atoms with Gasteiger partial charge in [0.2, 0.25) is 0 Å². The molecule has 1 aliphatic rings. The number of fused-ring (bicyclic) bond motifs is 3. The van der Waals surface area contributed by atoms with Gasteiger partial charge in [-0.2, -0.15) is 5.26 Å². The van der Waals surface area contributed by atoms with Crippen molar-refractivity contribution in [1.29, 1.82) is 5.26 Å². The zero-order valence-corrected chi connectivity index (χ0v) is 13.3. The molecular weight excluding hydrogens is 298 g/mol. The first-order valence-corrected chi connectivity index (χ1v) is 8.29. The average molecular weight is 315 g/mol. The Balaban J connectivity index is 2.05. The van der Waals surface area contributed by atoms with E-state index in [1.54, 1.807) is 12.4 Å². The van der Waals surface area contributed by atoms with Crippen molar-refractivity contribution in [2.24, 2.45) is 0 Å². The maximum absolute atomic E-state index is 12.5. The van der Waals surface area contributed by atoms with E-state index in [0.29, 0.717) is 12.0 Å². The van der Waals surface area contributed by atoms with Gasteiger partial charge in [-0.25, -0.2) is 0 Å². The van der Waals surface area contributed by atoms with Crippen LogP contribution in [0.2, 0.25) is 0 Å². The van der Waals surface area contributed by atoms with Crippen molar-refractivity contribution in [1.82, 2.24) is 9.55 Å². The number of hydrogen-bond acceptors (Lipinski definition) is 3. The Labute approximate surface area is 140 Å². The van der Waals surface area contributed by atoms with Gasteiger partial charge in [0.1, 0.15) is 0 Å². The molecule has 1 aliphatic heterocycles. The summed E-state index contributed by atoms with van der Waals surface area (Å²) in [5.74, 6) is 0.196. The standard InChI is InChI=1S/C20H17N3O/c21-12-14-9-16-11-18-19(24)6-2-1-3-8-23(18)20(16)17(10-14)15-5-4-7-22-13-15/h4-5,7,9-11,13H,1-3,6,8H2. The molecule has 0 amide bonds. The molecule has 0 unspecified atom stereocenters. The Morgan fingerprint density at radius 1 is 1.17 bits per heavy atom. The number of aryl methyl sites for hydroxylation is 1. The summed E-state index contributed by atoms with van der Waals surface area (Å²) in [6.45, 7) is 0.837. The van der Waals surface area contributed by atoms with Crippen LogP contribution in [0, 0.1) is 11.3 Å². The first-order valence-electron chi connectivity index (χ1n) is 8.29. The smallest absolute Gasteiger partial charge is 0.179 e. The van der Waals surface area contributed by atoms with E-state index in [0.717, 1.165) is 53.5 Å². The topological polar surface area (TPSA) is 58.7 Å². The van der Waals surface area contributed by atoms with E-state index in [1.165, 1.54) is 0 Å². The molecule has 0 aliphatic carbocycles. The molecule has 4 nitrogen and oxygen atoms in total. The van der Waals surface area contributed by atoms with Crippen LogP contribution in [-0.4, -0.2) is 15.3 Å². The number of ketones is 1. The normalized spacial score (nSPS) is 14.7. The number of nitriles is 1.